The fourth-order valence-corrected chi connectivity index (χ4v) is 3.86. The molecule has 2 aliphatic carbocycles. The lowest BCUT2D eigenvalue weighted by Crippen LogP contribution is -2.45. The van der Waals surface area contributed by atoms with E-state index in [1.165, 1.54) is 6.92 Å². The van der Waals surface area contributed by atoms with E-state index in [4.69, 9.17) is 8.92 Å². The third-order valence-electron chi connectivity index (χ3n) is 4.49. The van der Waals surface area contributed by atoms with Crippen molar-refractivity contribution in [3.63, 3.8) is 0 Å². The topological polar surface area (TPSA) is 105 Å². The molecule has 1 amide bonds. The lowest BCUT2D eigenvalue weighted by molar-refractivity contribution is -0.161. The smallest absolute Gasteiger partial charge is 0.325 e. The van der Waals surface area contributed by atoms with E-state index in [0.29, 0.717) is 5.57 Å². The molecule has 124 valence electrons. The van der Waals surface area contributed by atoms with Crippen LogP contribution in [0.25, 0.3) is 0 Å². The average molecular weight is 330 g/mol. The molecule has 8 heteroatoms. The van der Waals surface area contributed by atoms with Gasteiger partial charge in [-0.2, -0.15) is 0 Å². The van der Waals surface area contributed by atoms with E-state index in [1.807, 2.05) is 6.92 Å². The number of rotatable bonds is 6. The normalized spacial score (nSPS) is 34.2. The van der Waals surface area contributed by atoms with Crippen LogP contribution in [0.3, 0.4) is 0 Å². The van der Waals surface area contributed by atoms with Crippen LogP contribution >= 0.6 is 0 Å². The van der Waals surface area contributed by atoms with Crippen LogP contribution in [0.1, 0.15) is 33.1 Å². The molecule has 5 atom stereocenters. The number of hydrogen-bond donors (Lipinski definition) is 1. The van der Waals surface area contributed by atoms with Crippen molar-refractivity contribution in [2.75, 3.05) is 6.54 Å². The summed E-state index contributed by atoms with van der Waals surface area (Å²) in [5.74, 6) is -0.964. The molecule has 0 aliphatic heterocycles. The van der Waals surface area contributed by atoms with Gasteiger partial charge in [0.1, 0.15) is 18.8 Å². The first-order valence-corrected chi connectivity index (χ1v) is 8.12. The molecule has 2 saturated carbocycles. The Balaban J connectivity index is 1.97. The zero-order chi connectivity index (χ0) is 16.5. The molecule has 0 aromatic carbocycles. The van der Waals surface area contributed by atoms with E-state index < -0.39 is 35.4 Å². The minimum atomic E-state index is -2.65. The molecule has 2 fully saturated rings. The van der Waals surface area contributed by atoms with Crippen molar-refractivity contribution in [1.29, 1.82) is 0 Å². The molecule has 0 aromatic heterocycles. The summed E-state index contributed by atoms with van der Waals surface area (Å²) in [4.78, 5) is 23.3. The van der Waals surface area contributed by atoms with E-state index in [1.54, 1.807) is 0 Å². The second-order valence-electron chi connectivity index (χ2n) is 6.30. The molecule has 1 N–H and O–H groups in total. The van der Waals surface area contributed by atoms with Crippen molar-refractivity contribution in [3.8, 4) is 0 Å². The third-order valence-corrected chi connectivity index (χ3v) is 4.87. The number of carbonyl (C=O) groups excluding carboxylic acids is 2. The second kappa shape index (κ2) is 6.47. The Morgan fingerprint density at radius 2 is 2.18 bits per heavy atom. The lowest BCUT2D eigenvalue weighted by atomic mass is 9.82. The molecule has 0 saturated heterocycles. The minimum Gasteiger partial charge on any atom is -0.750 e. The highest BCUT2D eigenvalue weighted by Crippen LogP contribution is 2.56. The van der Waals surface area contributed by atoms with E-state index >= 15 is 0 Å². The van der Waals surface area contributed by atoms with E-state index in [2.05, 4.69) is 11.9 Å². The maximum absolute atomic E-state index is 11.9. The maximum Gasteiger partial charge on any atom is 0.325 e. The standard InChI is InChI=1S/C14H21NO6S/c1-8(2)13(17)15-7-10(16)20-12-11(21-22(18)19)9-4-5-14(12,3)6-9/h9,11-12H,1,4-7H2,2-3H3,(H,15,17)(H,18,19)/p-1. The summed E-state index contributed by atoms with van der Waals surface area (Å²) in [6.07, 6.45) is 1.24. The van der Waals surface area contributed by atoms with Gasteiger partial charge in [-0.25, -0.2) is 4.21 Å². The second-order valence-corrected chi connectivity index (χ2v) is 6.90. The Kier molecular flexibility index (Phi) is 5.03. The van der Waals surface area contributed by atoms with Crippen molar-refractivity contribution in [3.05, 3.63) is 12.2 Å². The summed E-state index contributed by atoms with van der Waals surface area (Å²) in [7, 11) is 0. The number of fused-ring (bicyclic) bond motifs is 2. The van der Waals surface area contributed by atoms with Gasteiger partial charge in [0, 0.05) is 11.0 Å². The zero-order valence-electron chi connectivity index (χ0n) is 12.6. The fourth-order valence-electron chi connectivity index (χ4n) is 3.42. The van der Waals surface area contributed by atoms with Gasteiger partial charge in [-0.05, 0) is 32.1 Å². The fraction of sp³-hybridized carbons (Fsp3) is 0.714. The van der Waals surface area contributed by atoms with Crippen LogP contribution in [-0.4, -0.2) is 39.4 Å². The summed E-state index contributed by atoms with van der Waals surface area (Å²) in [6.45, 7) is 6.69. The van der Waals surface area contributed by atoms with Crippen molar-refractivity contribution in [2.24, 2.45) is 11.3 Å². The van der Waals surface area contributed by atoms with Gasteiger partial charge in [0.15, 0.2) is 0 Å². The van der Waals surface area contributed by atoms with Crippen LogP contribution in [0, 0.1) is 11.3 Å². The van der Waals surface area contributed by atoms with Crippen LogP contribution in [0.2, 0.25) is 0 Å². The van der Waals surface area contributed by atoms with E-state index in [9.17, 15) is 18.4 Å². The zero-order valence-corrected chi connectivity index (χ0v) is 13.4. The summed E-state index contributed by atoms with van der Waals surface area (Å²) in [6, 6.07) is 0. The average Bonchev–Trinajstić information content (AvgIpc) is 2.92. The van der Waals surface area contributed by atoms with Crippen LogP contribution in [0.15, 0.2) is 12.2 Å². The molecule has 7 nitrogen and oxygen atoms in total. The van der Waals surface area contributed by atoms with Crippen molar-refractivity contribution in [2.45, 2.75) is 45.3 Å². The predicted molar refractivity (Wildman–Crippen MR) is 76.9 cm³/mol. The quantitative estimate of drug-likeness (QED) is 0.434. The first-order valence-electron chi connectivity index (χ1n) is 7.12. The number of esters is 1. The van der Waals surface area contributed by atoms with Gasteiger partial charge in [-0.3, -0.25) is 13.8 Å². The summed E-state index contributed by atoms with van der Waals surface area (Å²) in [5.41, 5.74) is 0.0190. The highest BCUT2D eigenvalue weighted by atomic mass is 32.2. The molecule has 2 bridgehead atoms. The first kappa shape index (κ1) is 17.1. The highest BCUT2D eigenvalue weighted by molar-refractivity contribution is 7.74. The Morgan fingerprint density at radius 1 is 1.50 bits per heavy atom. The Morgan fingerprint density at radius 3 is 2.77 bits per heavy atom. The largest absolute Gasteiger partial charge is 0.750 e. The molecule has 22 heavy (non-hydrogen) atoms. The Hall–Kier alpha value is -1.25. The van der Waals surface area contributed by atoms with Gasteiger partial charge in [0.25, 0.3) is 0 Å². The Labute approximate surface area is 131 Å². The number of nitrogens with one attached hydrogen (secondary N) is 1. The SMILES string of the molecule is C=C(C)C(=O)NCC(=O)OC1C(OS(=O)[O-])C2CCC1(C)C2. The van der Waals surface area contributed by atoms with Gasteiger partial charge in [-0.15, -0.1) is 0 Å². The molecule has 0 radical (unpaired) electrons. The van der Waals surface area contributed by atoms with Gasteiger partial charge in [0.05, 0.1) is 11.4 Å². The monoisotopic (exact) mass is 330 g/mol. The number of ether oxygens (including phenoxy) is 1. The Bertz CT molecular complexity index is 521. The van der Waals surface area contributed by atoms with Gasteiger partial charge >= 0.3 is 5.97 Å². The summed E-state index contributed by atoms with van der Waals surface area (Å²) in [5, 5.41) is 2.39. The van der Waals surface area contributed by atoms with Gasteiger partial charge < -0.3 is 14.6 Å². The molecular weight excluding hydrogens is 310 g/mol. The number of carbonyl (C=O) groups is 2. The van der Waals surface area contributed by atoms with Crippen molar-refractivity contribution in [1.82, 2.24) is 5.32 Å². The van der Waals surface area contributed by atoms with Crippen molar-refractivity contribution >= 4 is 23.2 Å². The summed E-state index contributed by atoms with van der Waals surface area (Å²) < 4.78 is 32.0. The maximum atomic E-state index is 11.9. The third kappa shape index (κ3) is 3.56. The van der Waals surface area contributed by atoms with Crippen molar-refractivity contribution < 1.29 is 27.3 Å². The van der Waals surface area contributed by atoms with Gasteiger partial charge in [0.2, 0.25) is 5.91 Å². The molecule has 0 heterocycles. The molecule has 2 aliphatic rings. The summed E-state index contributed by atoms with van der Waals surface area (Å²) >= 11 is -2.65. The first-order chi connectivity index (χ1) is 10.2. The number of amides is 1. The highest BCUT2D eigenvalue weighted by Gasteiger charge is 2.58. The minimum absolute atomic E-state index is 0.0747. The van der Waals surface area contributed by atoms with Crippen LogP contribution in [0.5, 0.6) is 0 Å². The molecule has 5 unspecified atom stereocenters. The molecular formula is C14H20NO6S-. The van der Waals surface area contributed by atoms with Crippen LogP contribution < -0.4 is 5.32 Å². The molecule has 2 rings (SSSR count). The molecule has 0 aromatic rings. The number of hydrogen-bond acceptors (Lipinski definition) is 6. The van der Waals surface area contributed by atoms with E-state index in [-0.39, 0.29) is 17.9 Å². The van der Waals surface area contributed by atoms with Crippen LogP contribution in [0.4, 0.5) is 0 Å². The predicted octanol–water partition coefficient (Wildman–Crippen LogP) is 0.590. The van der Waals surface area contributed by atoms with Gasteiger partial charge in [-0.1, -0.05) is 13.5 Å². The lowest BCUT2D eigenvalue weighted by Gasteiger charge is -2.36. The van der Waals surface area contributed by atoms with Crippen LogP contribution in [-0.2, 0) is 29.9 Å². The molecule has 0 spiro atoms. The van der Waals surface area contributed by atoms with E-state index in [0.717, 1.165) is 19.3 Å².